The average Bonchev–Trinajstić information content (AvgIpc) is 2.87. The smallest absolute Gasteiger partial charge is 0.151 e. The van der Waals surface area contributed by atoms with Gasteiger partial charge < -0.3 is 10.3 Å². The van der Waals surface area contributed by atoms with Crippen LogP contribution in [0.15, 0.2) is 60.4 Å². The zero-order valence-corrected chi connectivity index (χ0v) is 25.3. The SMILES string of the molecule is CC(=O)/C=C(/C)[N-]C1CCCCC1.Cc1cccc2nc3c(cc12)C(C)(C)c1cccc2nc[c-]c-3c12.[Ir]. The Morgan fingerprint density at radius 3 is 2.47 bits per heavy atom. The normalized spacial score (nSPS) is 16.2. The number of nitrogens with zero attached hydrogens (tertiary/aromatic N) is 3. The van der Waals surface area contributed by atoms with Crippen LogP contribution in [0.25, 0.3) is 38.4 Å². The van der Waals surface area contributed by atoms with Gasteiger partial charge in [0, 0.05) is 31.0 Å². The third-order valence-corrected chi connectivity index (χ3v) is 7.74. The minimum absolute atomic E-state index is 0. The van der Waals surface area contributed by atoms with Crippen LogP contribution in [0.5, 0.6) is 0 Å². The fourth-order valence-electron chi connectivity index (χ4n) is 5.84. The van der Waals surface area contributed by atoms with Crippen molar-refractivity contribution in [2.45, 2.75) is 78.2 Å². The topological polar surface area (TPSA) is 57.0 Å². The molecule has 38 heavy (non-hydrogen) atoms. The van der Waals surface area contributed by atoms with Crippen molar-refractivity contribution in [3.8, 4) is 11.3 Å². The van der Waals surface area contributed by atoms with E-state index >= 15 is 0 Å². The zero-order chi connectivity index (χ0) is 26.2. The van der Waals surface area contributed by atoms with Gasteiger partial charge in [0.25, 0.3) is 0 Å². The van der Waals surface area contributed by atoms with Crippen molar-refractivity contribution in [2.24, 2.45) is 0 Å². The van der Waals surface area contributed by atoms with Crippen molar-refractivity contribution in [2.75, 3.05) is 0 Å². The Labute approximate surface area is 239 Å². The minimum Gasteiger partial charge on any atom is -0.685 e. The van der Waals surface area contributed by atoms with Gasteiger partial charge in [-0.25, -0.2) is 0 Å². The van der Waals surface area contributed by atoms with E-state index in [4.69, 9.17) is 4.98 Å². The van der Waals surface area contributed by atoms with Crippen LogP contribution >= 0.6 is 0 Å². The van der Waals surface area contributed by atoms with E-state index in [1.165, 1.54) is 59.6 Å². The van der Waals surface area contributed by atoms with Crippen molar-refractivity contribution in [3.63, 3.8) is 0 Å². The summed E-state index contributed by atoms with van der Waals surface area (Å²) in [5.41, 5.74) is 8.81. The van der Waals surface area contributed by atoms with Crippen LogP contribution in [0.4, 0.5) is 0 Å². The number of pyridine rings is 2. The maximum Gasteiger partial charge on any atom is 0.151 e. The number of hydrogen-bond donors (Lipinski definition) is 0. The monoisotopic (exact) mass is 682 g/mol. The van der Waals surface area contributed by atoms with Crippen molar-refractivity contribution in [1.29, 1.82) is 0 Å². The molecule has 1 saturated carbocycles. The van der Waals surface area contributed by atoms with Crippen molar-refractivity contribution in [1.82, 2.24) is 9.97 Å². The molecule has 4 nitrogen and oxygen atoms in total. The molecular formula is C33H35IrN3O-2. The third-order valence-electron chi connectivity index (χ3n) is 7.74. The van der Waals surface area contributed by atoms with E-state index < -0.39 is 0 Å². The van der Waals surface area contributed by atoms with Crippen LogP contribution in [0.1, 0.15) is 76.5 Å². The summed E-state index contributed by atoms with van der Waals surface area (Å²) in [5.74, 6) is 0.0945. The van der Waals surface area contributed by atoms with Crippen LogP contribution in [-0.2, 0) is 30.3 Å². The molecule has 0 spiro atoms. The zero-order valence-electron chi connectivity index (χ0n) is 22.9. The largest absolute Gasteiger partial charge is 0.685 e. The molecule has 0 amide bonds. The first-order valence-electron chi connectivity index (χ1n) is 13.4. The second-order valence-corrected chi connectivity index (χ2v) is 10.9. The predicted molar refractivity (Wildman–Crippen MR) is 153 cm³/mol. The number of aromatic nitrogens is 2. The summed E-state index contributed by atoms with van der Waals surface area (Å²) in [6.07, 6.45) is 9.72. The standard InChI is InChI=1S/C22H17N2.C11H19NO.Ir/c1-13-6-4-8-18-15(13)12-17-21(24-18)14-10-11-23-19-9-5-7-16(20(14)19)22(17,2)3;1-9(8-10(2)13)12-11-6-4-3-5-7-11;/h4-9,11-12H,1-3H3;8,11H,3-7H2,1-2H3,(H,12,13);/q-1;;/p-1. The second-order valence-electron chi connectivity index (χ2n) is 10.9. The third kappa shape index (κ3) is 5.46. The fourth-order valence-corrected chi connectivity index (χ4v) is 5.84. The molecule has 5 heteroatoms. The number of hydrogen-bond acceptors (Lipinski definition) is 3. The molecule has 0 saturated heterocycles. The van der Waals surface area contributed by atoms with Gasteiger partial charge in [-0.1, -0.05) is 99.7 Å². The number of ketones is 1. The summed E-state index contributed by atoms with van der Waals surface area (Å²) in [6.45, 7) is 10.2. The second kappa shape index (κ2) is 11.5. The Bertz CT molecular complexity index is 1510. The maximum absolute atomic E-state index is 10.8. The molecule has 0 unspecified atom stereocenters. The van der Waals surface area contributed by atoms with Gasteiger partial charge in [-0.2, -0.15) is 17.3 Å². The van der Waals surface area contributed by atoms with Gasteiger partial charge in [-0.3, -0.25) is 9.78 Å². The van der Waals surface area contributed by atoms with Gasteiger partial charge in [-0.05, 0) is 54.9 Å². The van der Waals surface area contributed by atoms with E-state index in [1.54, 1.807) is 19.2 Å². The summed E-state index contributed by atoms with van der Waals surface area (Å²) in [5, 5.41) is 6.94. The Morgan fingerprint density at radius 2 is 1.74 bits per heavy atom. The average molecular weight is 682 g/mol. The van der Waals surface area contributed by atoms with Crippen LogP contribution in [0, 0.1) is 13.0 Å². The number of allylic oxidation sites excluding steroid dienone is 2. The molecule has 2 aromatic heterocycles. The van der Waals surface area contributed by atoms with E-state index in [2.05, 4.69) is 79.6 Å². The number of fused-ring (bicyclic) bond motifs is 3. The fraction of sp³-hybridized carbons (Fsp3) is 0.364. The molecule has 2 aliphatic carbocycles. The number of rotatable bonds is 3. The molecule has 0 bridgehead atoms. The Morgan fingerprint density at radius 1 is 1.03 bits per heavy atom. The first-order chi connectivity index (χ1) is 17.8. The number of carbonyl (C=O) groups excluding carboxylic acids is 1. The summed E-state index contributed by atoms with van der Waals surface area (Å²) in [7, 11) is 0. The van der Waals surface area contributed by atoms with Crippen molar-refractivity contribution >= 4 is 27.6 Å². The molecule has 2 aliphatic rings. The van der Waals surface area contributed by atoms with Crippen LogP contribution in [0.3, 0.4) is 0 Å². The molecule has 4 aromatic rings. The van der Waals surface area contributed by atoms with Gasteiger partial charge in [0.15, 0.2) is 5.78 Å². The Hall–Kier alpha value is -2.88. The Kier molecular flexibility index (Phi) is 8.49. The van der Waals surface area contributed by atoms with Crippen molar-refractivity contribution < 1.29 is 24.9 Å². The molecule has 2 heterocycles. The molecule has 2 aromatic carbocycles. The van der Waals surface area contributed by atoms with Crippen molar-refractivity contribution in [3.05, 3.63) is 88.5 Å². The molecule has 1 fully saturated rings. The van der Waals surface area contributed by atoms with Gasteiger partial charge in [0.2, 0.25) is 0 Å². The van der Waals surface area contributed by atoms with Crippen LogP contribution in [0.2, 0.25) is 0 Å². The van der Waals surface area contributed by atoms with Gasteiger partial charge >= 0.3 is 0 Å². The molecule has 6 rings (SSSR count). The van der Waals surface area contributed by atoms with Gasteiger partial charge in [0.1, 0.15) is 0 Å². The summed E-state index contributed by atoms with van der Waals surface area (Å²) >= 11 is 0. The number of benzene rings is 2. The first kappa shape index (κ1) is 28.1. The maximum atomic E-state index is 10.8. The summed E-state index contributed by atoms with van der Waals surface area (Å²) in [4.78, 5) is 20.3. The van der Waals surface area contributed by atoms with Gasteiger partial charge in [0.05, 0.1) is 5.52 Å². The number of carbonyl (C=O) groups is 1. The summed E-state index contributed by atoms with van der Waals surface area (Å²) < 4.78 is 0. The summed E-state index contributed by atoms with van der Waals surface area (Å²) in [6, 6.07) is 18.9. The molecule has 0 aliphatic heterocycles. The van der Waals surface area contributed by atoms with E-state index in [9.17, 15) is 4.79 Å². The number of aryl methyl sites for hydroxylation is 1. The van der Waals surface area contributed by atoms with Gasteiger partial charge in [-0.15, -0.1) is 6.04 Å². The Balaban J connectivity index is 0.000000207. The minimum atomic E-state index is -0.109. The first-order valence-corrected chi connectivity index (χ1v) is 13.4. The molecule has 199 valence electrons. The molecule has 1 radical (unpaired) electrons. The van der Waals surface area contributed by atoms with E-state index in [-0.39, 0.29) is 31.3 Å². The molecule has 0 N–H and O–H groups in total. The van der Waals surface area contributed by atoms with E-state index in [0.29, 0.717) is 6.04 Å². The van der Waals surface area contributed by atoms with E-state index in [0.717, 1.165) is 28.0 Å². The predicted octanol–water partition coefficient (Wildman–Crippen LogP) is 8.38. The quantitative estimate of drug-likeness (QED) is 0.161. The van der Waals surface area contributed by atoms with Crippen LogP contribution in [-0.4, -0.2) is 21.8 Å². The van der Waals surface area contributed by atoms with Crippen LogP contribution < -0.4 is 0 Å². The molecular weight excluding hydrogens is 647 g/mol. The molecule has 0 atom stereocenters. The van der Waals surface area contributed by atoms with E-state index in [1.807, 2.05) is 6.92 Å².